The highest BCUT2D eigenvalue weighted by Crippen LogP contribution is 2.42. The van der Waals surface area contributed by atoms with Crippen molar-refractivity contribution in [1.82, 2.24) is 0 Å². The molecule has 0 heterocycles. The van der Waals surface area contributed by atoms with Gasteiger partial charge in [-0.3, -0.25) is 9.59 Å². The summed E-state index contributed by atoms with van der Waals surface area (Å²) >= 11 is 4.67. The van der Waals surface area contributed by atoms with E-state index in [2.05, 4.69) is 19.6 Å². The number of carbonyl (C=O) groups is 2. The Morgan fingerprint density at radius 2 is 1.15 bits per heavy atom. The summed E-state index contributed by atoms with van der Waals surface area (Å²) in [6, 6.07) is 0. The van der Waals surface area contributed by atoms with Crippen molar-refractivity contribution in [3.63, 3.8) is 0 Å². The molecule has 0 saturated heterocycles. The second-order valence-corrected chi connectivity index (χ2v) is 15.5. The molecule has 4 nitrogen and oxygen atoms in total. The van der Waals surface area contributed by atoms with E-state index in [0.717, 1.165) is 81.0 Å². The van der Waals surface area contributed by atoms with E-state index in [1.54, 1.807) is 0 Å². The molecule has 5 rings (SSSR count). The topological polar surface area (TPSA) is 52.6 Å². The zero-order valence-corrected chi connectivity index (χ0v) is 26.3. The molecule has 0 aliphatic heterocycles. The largest absolute Gasteiger partial charge is 0.465 e. The molecule has 0 radical (unpaired) electrons. The van der Waals surface area contributed by atoms with Crippen LogP contribution in [-0.4, -0.2) is 29.9 Å². The second kappa shape index (κ2) is 15.1. The average Bonchev–Trinajstić information content (AvgIpc) is 2.99. The van der Waals surface area contributed by atoms with Crippen LogP contribution >= 0.6 is 12.6 Å². The maximum absolute atomic E-state index is 13.5. The predicted octanol–water partition coefficient (Wildman–Crippen LogP) is 8.95. The third-order valence-electron chi connectivity index (χ3n) is 12.2. The molecule has 5 heteroatoms. The van der Waals surface area contributed by atoms with Gasteiger partial charge in [0.05, 0.1) is 11.8 Å². The first-order valence-electron chi connectivity index (χ1n) is 17.5. The first-order valence-corrected chi connectivity index (χ1v) is 18.0. The van der Waals surface area contributed by atoms with Crippen molar-refractivity contribution in [3.05, 3.63) is 0 Å². The van der Waals surface area contributed by atoms with E-state index < -0.39 is 0 Å². The number of esters is 2. The van der Waals surface area contributed by atoms with Gasteiger partial charge in [0, 0.05) is 5.25 Å². The molecular formula is C35H58O4S. The van der Waals surface area contributed by atoms with Gasteiger partial charge in [-0.1, -0.05) is 39.0 Å². The smallest absolute Gasteiger partial charge is 0.312 e. The summed E-state index contributed by atoms with van der Waals surface area (Å²) in [5, 5.41) is 0.590. The Kier molecular flexibility index (Phi) is 11.6. The van der Waals surface area contributed by atoms with Crippen LogP contribution in [0.4, 0.5) is 0 Å². The highest BCUT2D eigenvalue weighted by Gasteiger charge is 2.37. The number of ether oxygens (including phenoxy) is 2. The fourth-order valence-electron chi connectivity index (χ4n) is 9.31. The van der Waals surface area contributed by atoms with E-state index in [0.29, 0.717) is 11.2 Å². The standard InChI is InChI=1S/C35H58O4S/c1-24-7-9-25(10-8-24)27-15-19-31(20-16-27)39-35(37)33(29-5-3-2-4-6-29)23-38-34(36)30-13-11-26(12-14-30)28-17-21-32(40)22-18-28/h24-33,40H,2-23H2,1H3. The van der Waals surface area contributed by atoms with Gasteiger partial charge in [-0.25, -0.2) is 0 Å². The number of hydrogen-bond acceptors (Lipinski definition) is 5. The molecule has 40 heavy (non-hydrogen) atoms. The maximum atomic E-state index is 13.5. The summed E-state index contributed by atoms with van der Waals surface area (Å²) in [6.07, 6.45) is 25.1. The first-order chi connectivity index (χ1) is 19.5. The van der Waals surface area contributed by atoms with Crippen molar-refractivity contribution in [2.45, 2.75) is 153 Å². The highest BCUT2D eigenvalue weighted by atomic mass is 32.1. The minimum absolute atomic E-state index is 0.0125. The Hall–Kier alpha value is -0.710. The molecule has 5 fully saturated rings. The van der Waals surface area contributed by atoms with Crippen molar-refractivity contribution >= 4 is 24.6 Å². The van der Waals surface area contributed by atoms with Crippen LogP contribution in [0.15, 0.2) is 0 Å². The Labute approximate surface area is 250 Å². The Bertz CT molecular complexity index is 777. The van der Waals surface area contributed by atoms with Gasteiger partial charge >= 0.3 is 11.9 Å². The van der Waals surface area contributed by atoms with E-state index in [9.17, 15) is 9.59 Å². The predicted molar refractivity (Wildman–Crippen MR) is 164 cm³/mol. The fourth-order valence-corrected chi connectivity index (χ4v) is 9.61. The monoisotopic (exact) mass is 574 g/mol. The first kappa shape index (κ1) is 30.7. The van der Waals surface area contributed by atoms with Crippen LogP contribution in [0.5, 0.6) is 0 Å². The lowest BCUT2D eigenvalue weighted by atomic mass is 9.71. The number of hydrogen-bond donors (Lipinski definition) is 1. The van der Waals surface area contributed by atoms with E-state index in [-0.39, 0.29) is 36.5 Å². The van der Waals surface area contributed by atoms with Crippen molar-refractivity contribution in [2.75, 3.05) is 6.61 Å². The molecule has 5 aliphatic rings. The van der Waals surface area contributed by atoms with Gasteiger partial charge in [-0.05, 0) is 138 Å². The molecular weight excluding hydrogens is 516 g/mol. The molecule has 228 valence electrons. The van der Waals surface area contributed by atoms with Crippen LogP contribution in [0.3, 0.4) is 0 Å². The lowest BCUT2D eigenvalue weighted by molar-refractivity contribution is -0.165. The summed E-state index contributed by atoms with van der Waals surface area (Å²) in [7, 11) is 0. The summed E-state index contributed by atoms with van der Waals surface area (Å²) in [6.45, 7) is 2.62. The van der Waals surface area contributed by atoms with Crippen LogP contribution in [0.25, 0.3) is 0 Å². The Morgan fingerprint density at radius 1 is 0.650 bits per heavy atom. The van der Waals surface area contributed by atoms with E-state index >= 15 is 0 Å². The van der Waals surface area contributed by atoms with E-state index in [1.165, 1.54) is 83.5 Å². The van der Waals surface area contributed by atoms with Crippen molar-refractivity contribution < 1.29 is 19.1 Å². The average molecular weight is 575 g/mol. The molecule has 0 spiro atoms. The normalized spacial score (nSPS) is 38.8. The number of carbonyl (C=O) groups excluding carboxylic acids is 2. The highest BCUT2D eigenvalue weighted by molar-refractivity contribution is 7.80. The zero-order chi connectivity index (χ0) is 27.9. The zero-order valence-electron chi connectivity index (χ0n) is 25.4. The second-order valence-electron chi connectivity index (χ2n) is 14.8. The lowest BCUT2D eigenvalue weighted by Gasteiger charge is -2.38. The molecule has 5 aliphatic carbocycles. The summed E-state index contributed by atoms with van der Waals surface area (Å²) in [5.74, 6) is 4.09. The maximum Gasteiger partial charge on any atom is 0.312 e. The van der Waals surface area contributed by atoms with Gasteiger partial charge < -0.3 is 9.47 Å². The summed E-state index contributed by atoms with van der Waals surface area (Å²) in [4.78, 5) is 26.7. The van der Waals surface area contributed by atoms with Crippen molar-refractivity contribution in [2.24, 2.45) is 47.3 Å². The molecule has 0 aromatic rings. The molecule has 0 aromatic heterocycles. The van der Waals surface area contributed by atoms with Crippen molar-refractivity contribution in [3.8, 4) is 0 Å². The minimum Gasteiger partial charge on any atom is -0.465 e. The molecule has 0 bridgehead atoms. The van der Waals surface area contributed by atoms with Gasteiger partial charge in [0.1, 0.15) is 12.7 Å². The minimum atomic E-state index is -0.283. The van der Waals surface area contributed by atoms with Crippen molar-refractivity contribution in [1.29, 1.82) is 0 Å². The lowest BCUT2D eigenvalue weighted by Crippen LogP contribution is -2.37. The molecule has 5 saturated carbocycles. The molecule has 0 N–H and O–H groups in total. The van der Waals surface area contributed by atoms with Gasteiger partial charge in [0.2, 0.25) is 0 Å². The molecule has 0 aromatic carbocycles. The Balaban J connectivity index is 1.07. The van der Waals surface area contributed by atoms with E-state index in [1.807, 2.05) is 0 Å². The van der Waals surface area contributed by atoms with E-state index in [4.69, 9.17) is 9.47 Å². The Morgan fingerprint density at radius 3 is 1.73 bits per heavy atom. The van der Waals surface area contributed by atoms with Gasteiger partial charge in [0.25, 0.3) is 0 Å². The third kappa shape index (κ3) is 8.44. The molecule has 0 amide bonds. The van der Waals surface area contributed by atoms with Crippen LogP contribution in [-0.2, 0) is 19.1 Å². The van der Waals surface area contributed by atoms with Gasteiger partial charge in [0.15, 0.2) is 0 Å². The number of thiol groups is 1. The fraction of sp³-hybridized carbons (Fsp3) is 0.943. The SMILES string of the molecule is CC1CCC(C2CCC(OC(=O)C(COC(=O)C3CCC(C4CCC(S)CC4)CC3)C3CCCCC3)CC2)CC1. The molecule has 1 unspecified atom stereocenters. The number of rotatable bonds is 8. The van der Waals surface area contributed by atoms with Crippen LogP contribution in [0, 0.1) is 47.3 Å². The summed E-state index contributed by atoms with van der Waals surface area (Å²) < 4.78 is 12.1. The van der Waals surface area contributed by atoms with Gasteiger partial charge in [-0.2, -0.15) is 12.6 Å². The van der Waals surface area contributed by atoms with Gasteiger partial charge in [-0.15, -0.1) is 0 Å². The van der Waals surface area contributed by atoms with Crippen LogP contribution in [0.1, 0.15) is 142 Å². The molecule has 1 atom stereocenters. The quantitative estimate of drug-likeness (QED) is 0.232. The third-order valence-corrected chi connectivity index (χ3v) is 12.7. The summed E-state index contributed by atoms with van der Waals surface area (Å²) in [5.41, 5.74) is 0. The van der Waals surface area contributed by atoms with Crippen LogP contribution < -0.4 is 0 Å². The van der Waals surface area contributed by atoms with Crippen LogP contribution in [0.2, 0.25) is 0 Å².